The lowest BCUT2D eigenvalue weighted by Crippen LogP contribution is -2.29. The first-order chi connectivity index (χ1) is 11.3. The standard InChI is InChI=1S/C16H13ClN2O4S/c1-24(21,22)19-16(20)13-5-6-15(14(17)8-13)23-10-12-4-2-3-11(7-12)9-18/h2-8H,10H2,1H3,(H,19,20). The molecule has 0 fully saturated rings. The number of nitrogens with one attached hydrogen (secondary N) is 1. The zero-order valence-electron chi connectivity index (χ0n) is 12.6. The molecule has 1 N–H and O–H groups in total. The first-order valence-corrected chi connectivity index (χ1v) is 8.99. The summed E-state index contributed by atoms with van der Waals surface area (Å²) in [5, 5.41) is 9.04. The number of carbonyl (C=O) groups excluding carboxylic acids is 1. The van der Waals surface area contributed by atoms with E-state index in [1.807, 2.05) is 16.9 Å². The molecule has 1 amide bonds. The molecule has 2 aromatic carbocycles. The molecular formula is C16H13ClN2O4S. The molecule has 24 heavy (non-hydrogen) atoms. The van der Waals surface area contributed by atoms with E-state index in [0.29, 0.717) is 11.3 Å². The largest absolute Gasteiger partial charge is 0.487 e. The van der Waals surface area contributed by atoms with E-state index in [1.54, 1.807) is 18.2 Å². The molecule has 2 rings (SSSR count). The van der Waals surface area contributed by atoms with Gasteiger partial charge in [0, 0.05) is 5.56 Å². The number of hydrogen-bond donors (Lipinski definition) is 1. The van der Waals surface area contributed by atoms with Gasteiger partial charge in [0.05, 0.1) is 22.9 Å². The molecule has 0 atom stereocenters. The Morgan fingerprint density at radius 2 is 2.04 bits per heavy atom. The van der Waals surface area contributed by atoms with Crippen LogP contribution in [0.25, 0.3) is 0 Å². The van der Waals surface area contributed by atoms with Crippen molar-refractivity contribution >= 4 is 27.5 Å². The van der Waals surface area contributed by atoms with Crippen LogP contribution in [0.3, 0.4) is 0 Å². The van der Waals surface area contributed by atoms with E-state index in [2.05, 4.69) is 0 Å². The summed E-state index contributed by atoms with van der Waals surface area (Å²) in [7, 11) is -3.65. The molecule has 2 aromatic rings. The van der Waals surface area contributed by atoms with Gasteiger partial charge in [-0.2, -0.15) is 5.26 Å². The van der Waals surface area contributed by atoms with Crippen molar-refractivity contribution in [3.63, 3.8) is 0 Å². The number of ether oxygens (including phenoxy) is 1. The minimum Gasteiger partial charge on any atom is -0.487 e. The maximum Gasteiger partial charge on any atom is 0.264 e. The van der Waals surface area contributed by atoms with Gasteiger partial charge in [0.2, 0.25) is 10.0 Å². The molecule has 0 aliphatic rings. The van der Waals surface area contributed by atoms with Gasteiger partial charge in [-0.15, -0.1) is 0 Å². The molecular weight excluding hydrogens is 352 g/mol. The van der Waals surface area contributed by atoms with E-state index in [4.69, 9.17) is 21.6 Å². The highest BCUT2D eigenvalue weighted by molar-refractivity contribution is 7.89. The monoisotopic (exact) mass is 364 g/mol. The van der Waals surface area contributed by atoms with Gasteiger partial charge in [-0.05, 0) is 35.9 Å². The highest BCUT2D eigenvalue weighted by Crippen LogP contribution is 2.26. The predicted octanol–water partition coefficient (Wildman–Crippen LogP) is 2.48. The van der Waals surface area contributed by atoms with E-state index in [1.165, 1.54) is 18.2 Å². The van der Waals surface area contributed by atoms with Crippen LogP contribution in [0.4, 0.5) is 0 Å². The number of benzene rings is 2. The normalized spacial score (nSPS) is 10.7. The van der Waals surface area contributed by atoms with Crippen LogP contribution in [0.2, 0.25) is 5.02 Å². The van der Waals surface area contributed by atoms with Crippen molar-refractivity contribution in [2.75, 3.05) is 6.26 Å². The average Bonchev–Trinajstić information content (AvgIpc) is 2.52. The summed E-state index contributed by atoms with van der Waals surface area (Å²) in [5.41, 5.74) is 1.42. The number of amides is 1. The number of carbonyl (C=O) groups is 1. The maximum atomic E-state index is 11.8. The fraction of sp³-hybridized carbons (Fsp3) is 0.125. The first-order valence-electron chi connectivity index (χ1n) is 6.72. The molecule has 0 spiro atoms. The van der Waals surface area contributed by atoms with Gasteiger partial charge >= 0.3 is 0 Å². The van der Waals surface area contributed by atoms with E-state index in [0.717, 1.165) is 11.8 Å². The lowest BCUT2D eigenvalue weighted by molar-refractivity contribution is 0.0981. The highest BCUT2D eigenvalue weighted by Gasteiger charge is 2.13. The number of sulfonamides is 1. The number of halogens is 1. The Hall–Kier alpha value is -2.56. The van der Waals surface area contributed by atoms with Crippen molar-refractivity contribution < 1.29 is 17.9 Å². The van der Waals surface area contributed by atoms with E-state index < -0.39 is 15.9 Å². The van der Waals surface area contributed by atoms with Gasteiger partial charge in [-0.1, -0.05) is 23.7 Å². The van der Waals surface area contributed by atoms with Crippen molar-refractivity contribution in [2.24, 2.45) is 0 Å². The summed E-state index contributed by atoms with van der Waals surface area (Å²) in [6.45, 7) is 0.199. The second-order valence-corrected chi connectivity index (χ2v) is 7.11. The van der Waals surface area contributed by atoms with Crippen molar-refractivity contribution in [1.29, 1.82) is 5.26 Å². The van der Waals surface area contributed by atoms with Crippen LogP contribution in [0, 0.1) is 11.3 Å². The average molecular weight is 365 g/mol. The Kier molecular flexibility index (Phi) is 5.44. The maximum absolute atomic E-state index is 11.8. The zero-order chi connectivity index (χ0) is 17.7. The molecule has 0 bridgehead atoms. The predicted molar refractivity (Wildman–Crippen MR) is 89.3 cm³/mol. The molecule has 8 heteroatoms. The number of hydrogen-bond acceptors (Lipinski definition) is 5. The second-order valence-electron chi connectivity index (χ2n) is 4.95. The molecule has 0 aliphatic heterocycles. The topological polar surface area (TPSA) is 96.3 Å². The molecule has 0 aliphatic carbocycles. The lowest BCUT2D eigenvalue weighted by atomic mass is 10.1. The third kappa shape index (κ3) is 4.98. The summed E-state index contributed by atoms with van der Waals surface area (Å²) in [5.74, 6) is -0.428. The van der Waals surface area contributed by atoms with Crippen LogP contribution in [0.1, 0.15) is 21.5 Å². The minimum absolute atomic E-state index is 0.101. The van der Waals surface area contributed by atoms with Crippen LogP contribution in [0.15, 0.2) is 42.5 Å². The molecule has 0 radical (unpaired) electrons. The Morgan fingerprint density at radius 1 is 1.29 bits per heavy atom. The summed E-state index contributed by atoms with van der Waals surface area (Å²) < 4.78 is 29.6. The lowest BCUT2D eigenvalue weighted by Gasteiger charge is -2.10. The molecule has 0 saturated heterocycles. The van der Waals surface area contributed by atoms with Crippen LogP contribution in [-0.2, 0) is 16.6 Å². The summed E-state index contributed by atoms with van der Waals surface area (Å²) in [6.07, 6.45) is 0.888. The number of nitrogens with zero attached hydrogens (tertiary/aromatic N) is 1. The fourth-order valence-corrected chi connectivity index (χ4v) is 2.57. The summed E-state index contributed by atoms with van der Waals surface area (Å²) in [4.78, 5) is 11.8. The van der Waals surface area contributed by atoms with Crippen molar-refractivity contribution in [2.45, 2.75) is 6.61 Å². The van der Waals surface area contributed by atoms with Crippen molar-refractivity contribution in [1.82, 2.24) is 4.72 Å². The summed E-state index contributed by atoms with van der Waals surface area (Å²) in [6, 6.07) is 13.2. The number of nitriles is 1. The quantitative estimate of drug-likeness (QED) is 0.879. The third-order valence-electron chi connectivity index (χ3n) is 2.92. The van der Waals surface area contributed by atoms with Gasteiger partial charge < -0.3 is 4.74 Å². The zero-order valence-corrected chi connectivity index (χ0v) is 14.2. The summed E-state index contributed by atoms with van der Waals surface area (Å²) >= 11 is 6.06. The van der Waals surface area contributed by atoms with Gasteiger partial charge in [0.1, 0.15) is 12.4 Å². The molecule has 0 heterocycles. The van der Waals surface area contributed by atoms with Crippen molar-refractivity contribution in [3.05, 3.63) is 64.2 Å². The van der Waals surface area contributed by atoms with Crippen LogP contribution >= 0.6 is 11.6 Å². The molecule has 0 aromatic heterocycles. The van der Waals surface area contributed by atoms with Crippen LogP contribution < -0.4 is 9.46 Å². The van der Waals surface area contributed by atoms with E-state index in [-0.39, 0.29) is 17.2 Å². The number of rotatable bonds is 5. The van der Waals surface area contributed by atoms with E-state index >= 15 is 0 Å². The van der Waals surface area contributed by atoms with Gasteiger partial charge in [-0.3, -0.25) is 4.79 Å². The smallest absolute Gasteiger partial charge is 0.264 e. The Bertz CT molecular complexity index is 920. The van der Waals surface area contributed by atoms with Crippen LogP contribution in [0.5, 0.6) is 5.75 Å². The second kappa shape index (κ2) is 7.34. The Labute approximate surface area is 144 Å². The minimum atomic E-state index is -3.65. The van der Waals surface area contributed by atoms with Gasteiger partial charge in [-0.25, -0.2) is 13.1 Å². The molecule has 0 saturated carbocycles. The first kappa shape index (κ1) is 17.8. The van der Waals surface area contributed by atoms with Gasteiger partial charge in [0.25, 0.3) is 5.91 Å². The molecule has 0 unspecified atom stereocenters. The molecule has 6 nitrogen and oxygen atoms in total. The van der Waals surface area contributed by atoms with Crippen LogP contribution in [-0.4, -0.2) is 20.6 Å². The van der Waals surface area contributed by atoms with Gasteiger partial charge in [0.15, 0.2) is 0 Å². The van der Waals surface area contributed by atoms with E-state index in [9.17, 15) is 13.2 Å². The Balaban J connectivity index is 2.10. The fourth-order valence-electron chi connectivity index (χ4n) is 1.88. The third-order valence-corrected chi connectivity index (χ3v) is 3.77. The molecule has 124 valence electrons. The van der Waals surface area contributed by atoms with Crippen molar-refractivity contribution in [3.8, 4) is 11.8 Å². The Morgan fingerprint density at radius 3 is 2.67 bits per heavy atom. The SMILES string of the molecule is CS(=O)(=O)NC(=O)c1ccc(OCc2cccc(C#N)c2)c(Cl)c1. The highest BCUT2D eigenvalue weighted by atomic mass is 35.5.